The van der Waals surface area contributed by atoms with Crippen LogP contribution in [0.15, 0.2) is 42.9 Å². The van der Waals surface area contributed by atoms with Crippen molar-refractivity contribution in [3.63, 3.8) is 0 Å². The Bertz CT molecular complexity index is 1210. The molecule has 1 aliphatic carbocycles. The highest BCUT2D eigenvalue weighted by atomic mass is 35.5. The van der Waals surface area contributed by atoms with Gasteiger partial charge in [0.2, 0.25) is 5.91 Å². The molecule has 2 aliphatic rings. The number of aromatic nitrogens is 3. The number of nitrogens with zero attached hydrogens (tertiary/aromatic N) is 5. The summed E-state index contributed by atoms with van der Waals surface area (Å²) < 4.78 is 13.7. The highest BCUT2D eigenvalue weighted by Gasteiger charge is 2.30. The third-order valence-corrected chi connectivity index (χ3v) is 7.15. The van der Waals surface area contributed by atoms with Crippen molar-refractivity contribution in [1.82, 2.24) is 19.9 Å². The zero-order valence-electron chi connectivity index (χ0n) is 19.2. The summed E-state index contributed by atoms with van der Waals surface area (Å²) in [7, 11) is 0. The molecule has 0 radical (unpaired) electrons. The number of aryl methyl sites for hydroxylation is 1. The molecule has 5 rings (SSSR count). The molecule has 6 nitrogen and oxygen atoms in total. The van der Waals surface area contributed by atoms with Crippen molar-refractivity contribution in [2.75, 3.05) is 31.1 Å². The molecule has 1 amide bonds. The monoisotopic (exact) mass is 479 g/mol. The molecule has 3 aromatic rings. The van der Waals surface area contributed by atoms with Crippen LogP contribution in [0.25, 0.3) is 22.5 Å². The first-order chi connectivity index (χ1) is 16.5. The van der Waals surface area contributed by atoms with Gasteiger partial charge in [-0.2, -0.15) is 0 Å². The fourth-order valence-electron chi connectivity index (χ4n) is 4.96. The number of hydrogen-bond acceptors (Lipinski definition) is 5. The molecule has 1 aliphatic heterocycles. The van der Waals surface area contributed by atoms with Crippen LogP contribution in [0.2, 0.25) is 5.02 Å². The van der Waals surface area contributed by atoms with Gasteiger partial charge in [0.25, 0.3) is 0 Å². The number of benzene rings is 1. The Kier molecular flexibility index (Phi) is 6.46. The van der Waals surface area contributed by atoms with Gasteiger partial charge in [-0.1, -0.05) is 24.4 Å². The van der Waals surface area contributed by atoms with E-state index in [9.17, 15) is 9.18 Å². The van der Waals surface area contributed by atoms with Crippen molar-refractivity contribution in [3.05, 3.63) is 59.3 Å². The fourth-order valence-corrected chi connectivity index (χ4v) is 5.17. The van der Waals surface area contributed by atoms with Crippen LogP contribution in [0, 0.1) is 18.7 Å². The van der Waals surface area contributed by atoms with Crippen molar-refractivity contribution >= 4 is 23.3 Å². The SMILES string of the molecule is Cc1cc(F)ccc1-c1ncc(N2CCN(C(=O)C3CCCC3)CC2)nc1-c1ccncc1Cl. The van der Waals surface area contributed by atoms with Gasteiger partial charge >= 0.3 is 0 Å². The Morgan fingerprint density at radius 1 is 1.03 bits per heavy atom. The molecular weight excluding hydrogens is 453 g/mol. The van der Waals surface area contributed by atoms with Crippen LogP contribution in [0.1, 0.15) is 31.2 Å². The molecule has 1 aromatic carbocycles. The molecule has 2 aromatic heterocycles. The van der Waals surface area contributed by atoms with E-state index in [0.717, 1.165) is 48.2 Å². The molecule has 1 saturated heterocycles. The first-order valence-electron chi connectivity index (χ1n) is 11.8. The van der Waals surface area contributed by atoms with E-state index in [1.165, 1.54) is 12.1 Å². The predicted molar refractivity (Wildman–Crippen MR) is 131 cm³/mol. The van der Waals surface area contributed by atoms with Crippen molar-refractivity contribution in [2.24, 2.45) is 5.92 Å². The fraction of sp³-hybridized carbons (Fsp3) is 0.385. The summed E-state index contributed by atoms with van der Waals surface area (Å²) in [6.45, 7) is 4.62. The number of piperazine rings is 1. The second-order valence-electron chi connectivity index (χ2n) is 9.03. The molecule has 2 fully saturated rings. The Morgan fingerprint density at radius 2 is 1.79 bits per heavy atom. The maximum Gasteiger partial charge on any atom is 0.225 e. The molecule has 0 unspecified atom stereocenters. The topological polar surface area (TPSA) is 62.2 Å². The maximum atomic E-state index is 13.7. The Balaban J connectivity index is 1.45. The molecule has 8 heteroatoms. The number of anilines is 1. The van der Waals surface area contributed by atoms with Crippen LogP contribution in [0.5, 0.6) is 0 Å². The van der Waals surface area contributed by atoms with E-state index >= 15 is 0 Å². The number of amides is 1. The van der Waals surface area contributed by atoms with Crippen molar-refractivity contribution in [2.45, 2.75) is 32.6 Å². The van der Waals surface area contributed by atoms with Crippen LogP contribution in [0.3, 0.4) is 0 Å². The summed E-state index contributed by atoms with van der Waals surface area (Å²) in [6.07, 6.45) is 9.36. The van der Waals surface area contributed by atoms with Gasteiger partial charge < -0.3 is 9.80 Å². The van der Waals surface area contributed by atoms with E-state index in [4.69, 9.17) is 21.6 Å². The van der Waals surface area contributed by atoms with Gasteiger partial charge in [-0.25, -0.2) is 9.37 Å². The van der Waals surface area contributed by atoms with E-state index in [-0.39, 0.29) is 11.7 Å². The molecular formula is C26H27ClFN5O. The second-order valence-corrected chi connectivity index (χ2v) is 9.44. The van der Waals surface area contributed by atoms with E-state index in [0.29, 0.717) is 48.5 Å². The van der Waals surface area contributed by atoms with E-state index in [1.807, 2.05) is 17.9 Å². The van der Waals surface area contributed by atoms with Gasteiger partial charge in [-0.3, -0.25) is 14.8 Å². The highest BCUT2D eigenvalue weighted by molar-refractivity contribution is 6.33. The normalized spacial score (nSPS) is 16.8. The van der Waals surface area contributed by atoms with Crippen LogP contribution >= 0.6 is 11.6 Å². The van der Waals surface area contributed by atoms with Gasteiger partial charge in [0.15, 0.2) is 0 Å². The number of halogens is 2. The standard InChI is InChI=1S/C26H27ClFN5O/c1-17-14-19(28)6-7-20(17)24-25(21-8-9-29-15-22(21)27)31-23(16-30-24)32-10-12-33(13-11-32)26(34)18-4-2-3-5-18/h6-9,14-16,18H,2-5,10-13H2,1H3. The van der Waals surface area contributed by atoms with E-state index in [2.05, 4.69) is 9.88 Å². The number of carbonyl (C=O) groups excluding carboxylic acids is 1. The summed E-state index contributed by atoms with van der Waals surface area (Å²) in [5.41, 5.74) is 3.57. The quantitative estimate of drug-likeness (QED) is 0.518. The van der Waals surface area contributed by atoms with Crippen LogP contribution < -0.4 is 4.90 Å². The number of carbonyl (C=O) groups is 1. The molecule has 1 saturated carbocycles. The van der Waals surface area contributed by atoms with Crippen LogP contribution in [-0.2, 0) is 4.79 Å². The smallest absolute Gasteiger partial charge is 0.225 e. The first-order valence-corrected chi connectivity index (χ1v) is 12.2. The van der Waals surface area contributed by atoms with Gasteiger partial charge in [-0.15, -0.1) is 0 Å². The molecule has 0 atom stereocenters. The minimum Gasteiger partial charge on any atom is -0.352 e. The Morgan fingerprint density at radius 3 is 2.50 bits per heavy atom. The molecule has 34 heavy (non-hydrogen) atoms. The number of rotatable bonds is 4. The molecule has 0 N–H and O–H groups in total. The predicted octanol–water partition coefficient (Wildman–Crippen LogP) is 5.15. The van der Waals surface area contributed by atoms with Crippen LogP contribution in [0.4, 0.5) is 10.2 Å². The summed E-state index contributed by atoms with van der Waals surface area (Å²) in [4.78, 5) is 30.8. The van der Waals surface area contributed by atoms with Crippen molar-refractivity contribution in [3.8, 4) is 22.5 Å². The lowest BCUT2D eigenvalue weighted by molar-refractivity contribution is -0.135. The van der Waals surface area contributed by atoms with E-state index < -0.39 is 0 Å². The lowest BCUT2D eigenvalue weighted by atomic mass is 10.0. The minimum absolute atomic E-state index is 0.199. The van der Waals surface area contributed by atoms with Gasteiger partial charge in [-0.05, 0) is 49.6 Å². The third kappa shape index (κ3) is 4.49. The van der Waals surface area contributed by atoms with Gasteiger partial charge in [0, 0.05) is 55.6 Å². The zero-order chi connectivity index (χ0) is 23.7. The third-order valence-electron chi connectivity index (χ3n) is 6.85. The lowest BCUT2D eigenvalue weighted by Gasteiger charge is -2.36. The minimum atomic E-state index is -0.292. The van der Waals surface area contributed by atoms with Gasteiger partial charge in [0.1, 0.15) is 17.3 Å². The van der Waals surface area contributed by atoms with Gasteiger partial charge in [0.05, 0.1) is 16.9 Å². The molecule has 0 bridgehead atoms. The lowest BCUT2D eigenvalue weighted by Crippen LogP contribution is -2.50. The number of hydrogen-bond donors (Lipinski definition) is 0. The van der Waals surface area contributed by atoms with Crippen molar-refractivity contribution < 1.29 is 9.18 Å². The average Bonchev–Trinajstić information content (AvgIpc) is 3.39. The van der Waals surface area contributed by atoms with Crippen LogP contribution in [-0.4, -0.2) is 51.9 Å². The van der Waals surface area contributed by atoms with E-state index in [1.54, 1.807) is 24.7 Å². The Labute approximate surface area is 203 Å². The number of pyridine rings is 1. The zero-order valence-corrected chi connectivity index (χ0v) is 19.9. The molecule has 3 heterocycles. The Hall–Kier alpha value is -3.06. The maximum absolute atomic E-state index is 13.7. The summed E-state index contributed by atoms with van der Waals surface area (Å²) >= 11 is 6.49. The average molecular weight is 480 g/mol. The summed E-state index contributed by atoms with van der Waals surface area (Å²) in [5.74, 6) is 0.943. The first kappa shape index (κ1) is 22.7. The second kappa shape index (κ2) is 9.66. The largest absolute Gasteiger partial charge is 0.352 e. The molecule has 176 valence electrons. The molecule has 0 spiro atoms. The van der Waals surface area contributed by atoms with Crippen molar-refractivity contribution in [1.29, 1.82) is 0 Å². The highest BCUT2D eigenvalue weighted by Crippen LogP contribution is 2.36. The summed E-state index contributed by atoms with van der Waals surface area (Å²) in [6, 6.07) is 6.46. The summed E-state index contributed by atoms with van der Waals surface area (Å²) in [5, 5.41) is 0.474.